The van der Waals surface area contributed by atoms with Gasteiger partial charge in [0.15, 0.2) is 6.61 Å². The van der Waals surface area contributed by atoms with E-state index in [1.54, 1.807) is 12.1 Å². The summed E-state index contributed by atoms with van der Waals surface area (Å²) in [4.78, 5) is 13.0. The highest BCUT2D eigenvalue weighted by atomic mass is 35.5. The first-order chi connectivity index (χ1) is 10.8. The van der Waals surface area contributed by atoms with Gasteiger partial charge in [-0.2, -0.15) is 0 Å². The summed E-state index contributed by atoms with van der Waals surface area (Å²) in [5.41, 5.74) is 0.777. The van der Waals surface area contributed by atoms with Crippen molar-refractivity contribution in [3.63, 3.8) is 0 Å². The summed E-state index contributed by atoms with van der Waals surface area (Å²) in [5, 5.41) is 9.40. The van der Waals surface area contributed by atoms with E-state index in [1.807, 2.05) is 6.07 Å². The van der Waals surface area contributed by atoms with Gasteiger partial charge in [0.05, 0.1) is 5.60 Å². The molecule has 2 rings (SSSR count). The van der Waals surface area contributed by atoms with Gasteiger partial charge in [-0.3, -0.25) is 4.90 Å². The normalized spacial score (nSPS) is 20.5. The predicted octanol–water partition coefficient (Wildman–Crippen LogP) is 3.19. The van der Waals surface area contributed by atoms with Crippen molar-refractivity contribution in [1.82, 2.24) is 4.90 Å². The van der Waals surface area contributed by atoms with E-state index in [4.69, 9.17) is 26.2 Å². The van der Waals surface area contributed by atoms with Crippen LogP contribution in [0.15, 0.2) is 18.2 Å². The zero-order valence-corrected chi connectivity index (χ0v) is 14.6. The van der Waals surface area contributed by atoms with Gasteiger partial charge in [0.25, 0.3) is 0 Å². The van der Waals surface area contributed by atoms with Gasteiger partial charge in [0.1, 0.15) is 5.75 Å². The highest BCUT2D eigenvalue weighted by Crippen LogP contribution is 2.30. The van der Waals surface area contributed by atoms with Crippen molar-refractivity contribution in [2.45, 2.75) is 44.9 Å². The maximum absolute atomic E-state index is 10.7. The topological polar surface area (TPSA) is 59.0 Å². The van der Waals surface area contributed by atoms with Crippen LogP contribution >= 0.6 is 11.6 Å². The van der Waals surface area contributed by atoms with E-state index >= 15 is 0 Å². The molecule has 0 saturated carbocycles. The molecule has 1 atom stereocenters. The van der Waals surface area contributed by atoms with Gasteiger partial charge in [0, 0.05) is 29.8 Å². The average Bonchev–Trinajstić information content (AvgIpc) is 2.45. The Morgan fingerprint density at radius 2 is 2.26 bits per heavy atom. The molecule has 1 aliphatic heterocycles. The van der Waals surface area contributed by atoms with Crippen molar-refractivity contribution >= 4 is 17.6 Å². The zero-order valence-electron chi connectivity index (χ0n) is 13.8. The zero-order chi connectivity index (χ0) is 17.0. The smallest absolute Gasteiger partial charge is 0.341 e. The third-order valence-corrected chi connectivity index (χ3v) is 4.32. The van der Waals surface area contributed by atoms with Crippen molar-refractivity contribution in [2.75, 3.05) is 20.3 Å². The number of nitrogens with zero attached hydrogens (tertiary/aromatic N) is 1. The Morgan fingerprint density at radius 1 is 1.52 bits per heavy atom. The van der Waals surface area contributed by atoms with Crippen LogP contribution in [-0.4, -0.2) is 47.9 Å². The standard InChI is InChI=1S/C17H24ClNO4/c1-17(2)9-14(6-7-23-17)19(3)10-12-8-13(18)4-5-15(12)22-11-16(20)21/h4-5,8,14H,6-7,9-11H2,1-3H3,(H,20,21)/t14-/m1/s1. The van der Waals surface area contributed by atoms with Crippen LogP contribution in [0.1, 0.15) is 32.3 Å². The third-order valence-electron chi connectivity index (χ3n) is 4.09. The summed E-state index contributed by atoms with van der Waals surface area (Å²) >= 11 is 6.08. The number of ether oxygens (including phenoxy) is 2. The first-order valence-corrected chi connectivity index (χ1v) is 8.12. The van der Waals surface area contributed by atoms with Crippen LogP contribution in [0.4, 0.5) is 0 Å². The van der Waals surface area contributed by atoms with Gasteiger partial charge < -0.3 is 14.6 Å². The summed E-state index contributed by atoms with van der Waals surface area (Å²) in [6, 6.07) is 5.67. The molecule has 0 aliphatic carbocycles. The van der Waals surface area contributed by atoms with Crippen LogP contribution in [0.2, 0.25) is 5.02 Å². The number of carbonyl (C=O) groups is 1. The van der Waals surface area contributed by atoms with E-state index in [9.17, 15) is 4.79 Å². The highest BCUT2D eigenvalue weighted by molar-refractivity contribution is 6.30. The molecular weight excluding hydrogens is 318 g/mol. The number of benzene rings is 1. The first-order valence-electron chi connectivity index (χ1n) is 7.74. The molecule has 0 spiro atoms. The molecule has 0 bridgehead atoms. The number of hydrogen-bond acceptors (Lipinski definition) is 4. The minimum atomic E-state index is -0.995. The van der Waals surface area contributed by atoms with Crippen LogP contribution in [0.3, 0.4) is 0 Å². The molecule has 128 valence electrons. The molecule has 1 saturated heterocycles. The van der Waals surface area contributed by atoms with Crippen molar-refractivity contribution in [2.24, 2.45) is 0 Å². The lowest BCUT2D eigenvalue weighted by Gasteiger charge is -2.40. The van der Waals surface area contributed by atoms with Crippen molar-refractivity contribution in [3.8, 4) is 5.75 Å². The second kappa shape index (κ2) is 7.51. The average molecular weight is 342 g/mol. The van der Waals surface area contributed by atoms with E-state index in [0.29, 0.717) is 23.4 Å². The Hall–Kier alpha value is -1.30. The molecule has 5 nitrogen and oxygen atoms in total. The summed E-state index contributed by atoms with van der Waals surface area (Å²) < 4.78 is 11.1. The van der Waals surface area contributed by atoms with Gasteiger partial charge in [-0.15, -0.1) is 0 Å². The lowest BCUT2D eigenvalue weighted by molar-refractivity contribution is -0.139. The van der Waals surface area contributed by atoms with Gasteiger partial charge in [-0.1, -0.05) is 11.6 Å². The lowest BCUT2D eigenvalue weighted by atomic mass is 9.93. The Bertz CT molecular complexity index is 562. The van der Waals surface area contributed by atoms with E-state index in [0.717, 1.165) is 25.0 Å². The van der Waals surface area contributed by atoms with Crippen LogP contribution in [0, 0.1) is 0 Å². The number of halogens is 1. The van der Waals surface area contributed by atoms with E-state index in [-0.39, 0.29) is 12.2 Å². The van der Waals surface area contributed by atoms with Crippen molar-refractivity contribution in [1.29, 1.82) is 0 Å². The molecule has 1 aromatic carbocycles. The predicted molar refractivity (Wildman–Crippen MR) is 89.1 cm³/mol. The molecular formula is C17H24ClNO4. The molecule has 0 radical (unpaired) electrons. The molecule has 23 heavy (non-hydrogen) atoms. The van der Waals surface area contributed by atoms with Gasteiger partial charge in [-0.05, 0) is 51.9 Å². The summed E-state index contributed by atoms with van der Waals surface area (Å²) in [6.45, 7) is 5.25. The molecule has 6 heteroatoms. The van der Waals surface area contributed by atoms with Crippen LogP contribution in [-0.2, 0) is 16.1 Å². The number of carboxylic acids is 1. The number of aliphatic carboxylic acids is 1. The second-order valence-corrected chi connectivity index (χ2v) is 7.04. The molecule has 0 amide bonds. The number of rotatable bonds is 6. The fraction of sp³-hybridized carbons (Fsp3) is 0.588. The minimum absolute atomic E-state index is 0.117. The largest absolute Gasteiger partial charge is 0.482 e. The van der Waals surface area contributed by atoms with Crippen LogP contribution in [0.5, 0.6) is 5.75 Å². The lowest BCUT2D eigenvalue weighted by Crippen LogP contribution is -2.44. The molecule has 1 N–H and O–H groups in total. The highest BCUT2D eigenvalue weighted by Gasteiger charge is 2.31. The quantitative estimate of drug-likeness (QED) is 0.861. The molecule has 0 unspecified atom stereocenters. The van der Waals surface area contributed by atoms with E-state index in [2.05, 4.69) is 25.8 Å². The van der Waals surface area contributed by atoms with Gasteiger partial charge >= 0.3 is 5.97 Å². The Labute approximate surface area is 142 Å². The summed E-state index contributed by atoms with van der Waals surface area (Å²) in [6.07, 6.45) is 1.93. The molecule has 1 fully saturated rings. The second-order valence-electron chi connectivity index (χ2n) is 6.60. The maximum Gasteiger partial charge on any atom is 0.341 e. The van der Waals surface area contributed by atoms with Crippen molar-refractivity contribution < 1.29 is 19.4 Å². The first kappa shape index (κ1) is 18.0. The van der Waals surface area contributed by atoms with Crippen molar-refractivity contribution in [3.05, 3.63) is 28.8 Å². The Balaban J connectivity index is 2.08. The molecule has 0 aromatic heterocycles. The maximum atomic E-state index is 10.7. The van der Waals surface area contributed by atoms with E-state index < -0.39 is 5.97 Å². The molecule has 1 heterocycles. The van der Waals surface area contributed by atoms with Gasteiger partial charge in [0.2, 0.25) is 0 Å². The van der Waals surface area contributed by atoms with Gasteiger partial charge in [-0.25, -0.2) is 4.79 Å². The fourth-order valence-electron chi connectivity index (χ4n) is 2.93. The Morgan fingerprint density at radius 3 is 2.91 bits per heavy atom. The monoisotopic (exact) mass is 341 g/mol. The number of carboxylic acid groups (broad SMARTS) is 1. The summed E-state index contributed by atoms with van der Waals surface area (Å²) in [7, 11) is 2.06. The minimum Gasteiger partial charge on any atom is -0.482 e. The SMILES string of the molecule is CN(Cc1cc(Cl)ccc1OCC(=O)O)[C@@H]1CCOC(C)(C)C1. The Kier molecular flexibility index (Phi) is 5.89. The van der Waals surface area contributed by atoms with Crippen LogP contribution < -0.4 is 4.74 Å². The van der Waals surface area contributed by atoms with Crippen LogP contribution in [0.25, 0.3) is 0 Å². The molecule has 1 aromatic rings. The number of hydrogen-bond donors (Lipinski definition) is 1. The summed E-state index contributed by atoms with van der Waals surface area (Å²) in [5.74, 6) is -0.430. The molecule has 1 aliphatic rings. The van der Waals surface area contributed by atoms with E-state index in [1.165, 1.54) is 0 Å². The fourth-order valence-corrected chi connectivity index (χ4v) is 3.12. The third kappa shape index (κ3) is 5.37.